The van der Waals surface area contributed by atoms with Crippen molar-refractivity contribution in [1.82, 2.24) is 19.0 Å². The number of fused-ring (bicyclic) bond motifs is 2. The van der Waals surface area contributed by atoms with Crippen LogP contribution in [0.15, 0.2) is 54.7 Å². The molecule has 0 atom stereocenters. The van der Waals surface area contributed by atoms with E-state index in [1.165, 1.54) is 4.57 Å². The predicted octanol–water partition coefficient (Wildman–Crippen LogP) is 5.03. The number of likely N-dealkylation sites (tertiary alicyclic amines) is 1. The first-order chi connectivity index (χ1) is 15.8. The summed E-state index contributed by atoms with van der Waals surface area (Å²) in [6.07, 6.45) is -0.834. The highest BCUT2D eigenvalue weighted by molar-refractivity contribution is 5.89. The maximum absolute atomic E-state index is 13.6. The molecule has 1 fully saturated rings. The Balaban J connectivity index is 1.27. The van der Waals surface area contributed by atoms with Crippen molar-refractivity contribution in [2.24, 2.45) is 13.0 Å². The molecular formula is C25H25F3N4O. The van der Waals surface area contributed by atoms with Crippen LogP contribution in [0.5, 0.6) is 0 Å². The smallest absolute Gasteiger partial charge is 0.350 e. The zero-order valence-electron chi connectivity index (χ0n) is 18.3. The van der Waals surface area contributed by atoms with E-state index in [0.29, 0.717) is 43.4 Å². The third-order valence-electron chi connectivity index (χ3n) is 6.64. The Bertz CT molecular complexity index is 1310. The third-order valence-corrected chi connectivity index (χ3v) is 6.64. The van der Waals surface area contributed by atoms with Crippen LogP contribution in [0.4, 0.5) is 13.2 Å². The minimum Gasteiger partial charge on any atom is -0.350 e. The molecular weight excluding hydrogens is 429 g/mol. The Morgan fingerprint density at radius 1 is 1.03 bits per heavy atom. The average molecular weight is 454 g/mol. The molecule has 5 nitrogen and oxygen atoms in total. The highest BCUT2D eigenvalue weighted by atomic mass is 19.4. The molecule has 4 aromatic rings. The van der Waals surface area contributed by atoms with Crippen LogP contribution in [-0.4, -0.2) is 38.0 Å². The minimum absolute atomic E-state index is 0.0605. The topological polar surface area (TPSA) is 43.1 Å². The molecule has 3 heterocycles. The zero-order valence-corrected chi connectivity index (χ0v) is 18.3. The summed E-state index contributed by atoms with van der Waals surface area (Å²) < 4.78 is 44.1. The second-order valence-electron chi connectivity index (χ2n) is 8.82. The van der Waals surface area contributed by atoms with Gasteiger partial charge < -0.3 is 14.0 Å². The van der Waals surface area contributed by atoms with Gasteiger partial charge >= 0.3 is 6.18 Å². The van der Waals surface area contributed by atoms with Crippen molar-refractivity contribution in [3.05, 3.63) is 66.1 Å². The number of piperidine rings is 1. The lowest BCUT2D eigenvalue weighted by molar-refractivity contribution is -0.147. The van der Waals surface area contributed by atoms with Gasteiger partial charge in [-0.3, -0.25) is 4.79 Å². The van der Waals surface area contributed by atoms with Gasteiger partial charge in [-0.05, 0) is 42.5 Å². The molecule has 1 aliphatic heterocycles. The summed E-state index contributed by atoms with van der Waals surface area (Å²) in [5, 5.41) is 1.08. The zero-order chi connectivity index (χ0) is 23.2. The normalized spacial score (nSPS) is 15.6. The summed E-state index contributed by atoms with van der Waals surface area (Å²) in [5.41, 5.74) is 2.94. The molecule has 0 aliphatic carbocycles. The van der Waals surface area contributed by atoms with Crippen molar-refractivity contribution in [2.45, 2.75) is 32.0 Å². The van der Waals surface area contributed by atoms with E-state index in [2.05, 4.69) is 4.98 Å². The molecule has 0 N–H and O–H groups in total. The molecule has 1 saturated heterocycles. The summed E-state index contributed by atoms with van der Waals surface area (Å²) in [7, 11) is 1.97. The number of carbonyl (C=O) groups is 1. The van der Waals surface area contributed by atoms with E-state index in [1.807, 2.05) is 47.0 Å². The molecule has 33 heavy (non-hydrogen) atoms. The van der Waals surface area contributed by atoms with Crippen LogP contribution in [0.2, 0.25) is 0 Å². The molecule has 2 aromatic heterocycles. The van der Waals surface area contributed by atoms with E-state index in [9.17, 15) is 18.0 Å². The number of hydrogen-bond donors (Lipinski definition) is 0. The monoisotopic (exact) mass is 454 g/mol. The van der Waals surface area contributed by atoms with Crippen molar-refractivity contribution in [2.75, 3.05) is 13.1 Å². The Hall–Kier alpha value is -3.29. The molecule has 5 rings (SSSR count). The number of aryl methyl sites for hydroxylation is 1. The lowest BCUT2D eigenvalue weighted by Crippen LogP contribution is -2.40. The largest absolute Gasteiger partial charge is 0.449 e. The van der Waals surface area contributed by atoms with Gasteiger partial charge in [0.15, 0.2) is 0 Å². The average Bonchev–Trinajstić information content (AvgIpc) is 3.32. The fourth-order valence-corrected chi connectivity index (χ4v) is 4.94. The second kappa shape index (κ2) is 8.24. The van der Waals surface area contributed by atoms with Crippen LogP contribution >= 0.6 is 0 Å². The Morgan fingerprint density at radius 3 is 2.42 bits per heavy atom. The van der Waals surface area contributed by atoms with E-state index < -0.39 is 12.0 Å². The molecule has 172 valence electrons. The minimum atomic E-state index is -4.51. The van der Waals surface area contributed by atoms with E-state index in [0.717, 1.165) is 16.5 Å². The summed E-state index contributed by atoms with van der Waals surface area (Å²) in [6.45, 7) is 1.37. The Labute approximate surface area is 189 Å². The van der Waals surface area contributed by atoms with Gasteiger partial charge in [0, 0.05) is 43.8 Å². The van der Waals surface area contributed by atoms with E-state index in [-0.39, 0.29) is 18.4 Å². The summed E-state index contributed by atoms with van der Waals surface area (Å²) in [5.74, 6) is -0.725. The maximum Gasteiger partial charge on any atom is 0.449 e. The number of imidazole rings is 1. The van der Waals surface area contributed by atoms with Crippen LogP contribution in [0.3, 0.4) is 0 Å². The first-order valence-electron chi connectivity index (χ1n) is 11.1. The molecule has 0 radical (unpaired) electrons. The van der Waals surface area contributed by atoms with Crippen molar-refractivity contribution in [1.29, 1.82) is 0 Å². The number of carbonyl (C=O) groups excluding carboxylic acids is 1. The van der Waals surface area contributed by atoms with Crippen molar-refractivity contribution in [3.63, 3.8) is 0 Å². The number of amides is 1. The Kier molecular flexibility index (Phi) is 5.38. The first kappa shape index (κ1) is 21.6. The van der Waals surface area contributed by atoms with Gasteiger partial charge in [-0.15, -0.1) is 0 Å². The van der Waals surface area contributed by atoms with Crippen molar-refractivity contribution in [3.8, 4) is 0 Å². The fourth-order valence-electron chi connectivity index (χ4n) is 4.94. The molecule has 0 unspecified atom stereocenters. The molecule has 2 aromatic carbocycles. The third kappa shape index (κ3) is 4.10. The number of benzene rings is 2. The van der Waals surface area contributed by atoms with Gasteiger partial charge in [-0.25, -0.2) is 4.98 Å². The van der Waals surface area contributed by atoms with E-state index in [4.69, 9.17) is 0 Å². The molecule has 8 heteroatoms. The summed E-state index contributed by atoms with van der Waals surface area (Å²) >= 11 is 0. The second-order valence-corrected chi connectivity index (χ2v) is 8.82. The van der Waals surface area contributed by atoms with Crippen LogP contribution < -0.4 is 0 Å². The van der Waals surface area contributed by atoms with Crippen LogP contribution in [0, 0.1) is 5.92 Å². The highest BCUT2D eigenvalue weighted by Crippen LogP contribution is 2.33. The maximum atomic E-state index is 13.6. The highest BCUT2D eigenvalue weighted by Gasteiger charge is 2.38. The standard InChI is InChI=1S/C25H25F3N4O/c1-30-16-18(19-6-2-4-8-21(19)30)14-23(33)31-12-10-17(11-13-31)15-32-22-9-5-3-7-20(22)29-24(32)25(26,27)28/h2-9,16-17H,10-15H2,1H3. The van der Waals surface area contributed by atoms with Crippen molar-refractivity contribution >= 4 is 27.8 Å². The number of nitrogens with zero attached hydrogens (tertiary/aromatic N) is 4. The number of aromatic nitrogens is 3. The number of hydrogen-bond acceptors (Lipinski definition) is 2. The van der Waals surface area contributed by atoms with Gasteiger partial charge in [-0.1, -0.05) is 30.3 Å². The van der Waals surface area contributed by atoms with Crippen LogP contribution in [-0.2, 0) is 31.0 Å². The van der Waals surface area contributed by atoms with E-state index in [1.54, 1.807) is 24.3 Å². The molecule has 0 bridgehead atoms. The molecule has 0 spiro atoms. The molecule has 1 aliphatic rings. The SMILES string of the molecule is Cn1cc(CC(=O)N2CCC(Cn3c(C(F)(F)F)nc4ccccc43)CC2)c2ccccc21. The predicted molar refractivity (Wildman–Crippen MR) is 121 cm³/mol. The Morgan fingerprint density at radius 2 is 1.70 bits per heavy atom. The van der Waals surface area contributed by atoms with E-state index >= 15 is 0 Å². The molecule has 0 saturated carbocycles. The van der Waals surface area contributed by atoms with Gasteiger partial charge in [0.1, 0.15) is 0 Å². The number of para-hydroxylation sites is 3. The van der Waals surface area contributed by atoms with Gasteiger partial charge in [-0.2, -0.15) is 13.2 Å². The first-order valence-corrected chi connectivity index (χ1v) is 11.1. The number of rotatable bonds is 4. The number of halogens is 3. The quantitative estimate of drug-likeness (QED) is 0.434. The molecule has 1 amide bonds. The van der Waals surface area contributed by atoms with Crippen LogP contribution in [0.25, 0.3) is 21.9 Å². The number of alkyl halides is 3. The lowest BCUT2D eigenvalue weighted by Gasteiger charge is -2.32. The summed E-state index contributed by atoms with van der Waals surface area (Å²) in [6, 6.07) is 14.7. The summed E-state index contributed by atoms with van der Waals surface area (Å²) in [4.78, 5) is 18.6. The van der Waals surface area contributed by atoms with Gasteiger partial charge in [0.05, 0.1) is 17.5 Å². The fraction of sp³-hybridized carbons (Fsp3) is 0.360. The van der Waals surface area contributed by atoms with Gasteiger partial charge in [0.2, 0.25) is 11.7 Å². The van der Waals surface area contributed by atoms with Crippen molar-refractivity contribution < 1.29 is 18.0 Å². The van der Waals surface area contributed by atoms with Gasteiger partial charge in [0.25, 0.3) is 0 Å². The van der Waals surface area contributed by atoms with Crippen LogP contribution in [0.1, 0.15) is 24.2 Å². The lowest BCUT2D eigenvalue weighted by atomic mass is 9.96.